The third-order valence-electron chi connectivity index (χ3n) is 4.18. The van der Waals surface area contributed by atoms with Crippen LogP contribution in [0.1, 0.15) is 44.0 Å². The van der Waals surface area contributed by atoms with E-state index in [2.05, 4.69) is 41.6 Å². The molecule has 1 fully saturated rings. The molecule has 19 heavy (non-hydrogen) atoms. The zero-order chi connectivity index (χ0) is 14.0. The van der Waals surface area contributed by atoms with Crippen molar-refractivity contribution in [1.82, 2.24) is 0 Å². The van der Waals surface area contributed by atoms with Crippen LogP contribution >= 0.6 is 15.9 Å². The van der Waals surface area contributed by atoms with E-state index >= 15 is 0 Å². The first-order valence-electron chi connectivity index (χ1n) is 6.91. The van der Waals surface area contributed by atoms with Gasteiger partial charge in [0.25, 0.3) is 0 Å². The standard InChI is InChI=1S/C16H22BrNO/c1-16(2,3)13-6-8-18(9-7-13)15-5-4-14(17)10-12(15)11-19/h4-5,10-11,13H,6-9H2,1-3H3. The Morgan fingerprint density at radius 1 is 1.26 bits per heavy atom. The first-order valence-corrected chi connectivity index (χ1v) is 7.71. The smallest absolute Gasteiger partial charge is 0.152 e. The van der Waals surface area contributed by atoms with Gasteiger partial charge in [-0.3, -0.25) is 4.79 Å². The zero-order valence-electron chi connectivity index (χ0n) is 11.9. The number of piperidine rings is 1. The Morgan fingerprint density at radius 3 is 2.42 bits per heavy atom. The molecule has 0 N–H and O–H groups in total. The van der Waals surface area contributed by atoms with Crippen molar-refractivity contribution in [3.05, 3.63) is 28.2 Å². The molecule has 1 aliphatic rings. The normalized spacial score (nSPS) is 17.6. The lowest BCUT2D eigenvalue weighted by atomic mass is 9.75. The Balaban J connectivity index is 2.12. The number of aldehydes is 1. The minimum atomic E-state index is 0.388. The molecule has 0 atom stereocenters. The van der Waals surface area contributed by atoms with E-state index in [0.29, 0.717) is 5.41 Å². The van der Waals surface area contributed by atoms with Gasteiger partial charge in [0.2, 0.25) is 0 Å². The van der Waals surface area contributed by atoms with Crippen molar-refractivity contribution in [1.29, 1.82) is 0 Å². The van der Waals surface area contributed by atoms with Crippen molar-refractivity contribution in [2.75, 3.05) is 18.0 Å². The molecule has 0 spiro atoms. The number of rotatable bonds is 2. The molecule has 0 bridgehead atoms. The van der Waals surface area contributed by atoms with Crippen molar-refractivity contribution < 1.29 is 4.79 Å². The highest BCUT2D eigenvalue weighted by Gasteiger charge is 2.29. The van der Waals surface area contributed by atoms with Crippen molar-refractivity contribution in [3.8, 4) is 0 Å². The SMILES string of the molecule is CC(C)(C)C1CCN(c2ccc(Br)cc2C=O)CC1. The Hall–Kier alpha value is -0.830. The van der Waals surface area contributed by atoms with Gasteiger partial charge in [0, 0.05) is 28.8 Å². The summed E-state index contributed by atoms with van der Waals surface area (Å²) >= 11 is 3.42. The number of hydrogen-bond donors (Lipinski definition) is 0. The fourth-order valence-electron chi connectivity index (χ4n) is 2.89. The van der Waals surface area contributed by atoms with Gasteiger partial charge in [-0.05, 0) is 42.4 Å². The summed E-state index contributed by atoms with van der Waals surface area (Å²) in [7, 11) is 0. The van der Waals surface area contributed by atoms with Crippen LogP contribution in [-0.4, -0.2) is 19.4 Å². The van der Waals surface area contributed by atoms with E-state index < -0.39 is 0 Å². The maximum Gasteiger partial charge on any atom is 0.152 e. The van der Waals surface area contributed by atoms with E-state index in [1.165, 1.54) is 12.8 Å². The van der Waals surface area contributed by atoms with E-state index in [1.807, 2.05) is 18.2 Å². The monoisotopic (exact) mass is 323 g/mol. The summed E-state index contributed by atoms with van der Waals surface area (Å²) in [5.74, 6) is 0.777. The fourth-order valence-corrected chi connectivity index (χ4v) is 3.27. The molecular weight excluding hydrogens is 302 g/mol. The van der Waals surface area contributed by atoms with Gasteiger partial charge in [-0.1, -0.05) is 36.7 Å². The maximum atomic E-state index is 11.2. The van der Waals surface area contributed by atoms with Crippen LogP contribution in [0, 0.1) is 11.3 Å². The molecule has 1 saturated heterocycles. The number of anilines is 1. The summed E-state index contributed by atoms with van der Waals surface area (Å²) in [6, 6.07) is 5.96. The molecule has 0 aliphatic carbocycles. The lowest BCUT2D eigenvalue weighted by Crippen LogP contribution is -2.38. The van der Waals surface area contributed by atoms with Gasteiger partial charge in [0.15, 0.2) is 6.29 Å². The number of nitrogens with zero attached hydrogens (tertiary/aromatic N) is 1. The molecule has 2 rings (SSSR count). The second-order valence-electron chi connectivity index (χ2n) is 6.45. The molecular formula is C16H22BrNO. The molecule has 0 aromatic heterocycles. The summed E-state index contributed by atoms with van der Waals surface area (Å²) in [4.78, 5) is 13.5. The average Bonchev–Trinajstić information content (AvgIpc) is 2.37. The second kappa shape index (κ2) is 5.66. The molecule has 0 unspecified atom stereocenters. The number of benzene rings is 1. The minimum absolute atomic E-state index is 0.388. The first kappa shape index (κ1) is 14.6. The van der Waals surface area contributed by atoms with Crippen LogP contribution in [0.3, 0.4) is 0 Å². The summed E-state index contributed by atoms with van der Waals surface area (Å²) < 4.78 is 0.961. The predicted octanol–water partition coefficient (Wildman–Crippen LogP) is 4.52. The summed E-state index contributed by atoms with van der Waals surface area (Å²) in [5, 5.41) is 0. The van der Waals surface area contributed by atoms with E-state index in [0.717, 1.165) is 41.0 Å². The molecule has 1 aromatic carbocycles. The molecule has 1 aliphatic heterocycles. The lowest BCUT2D eigenvalue weighted by Gasteiger charge is -2.40. The Bertz CT molecular complexity index is 456. The number of hydrogen-bond acceptors (Lipinski definition) is 2. The van der Waals surface area contributed by atoms with Crippen LogP contribution < -0.4 is 4.90 Å². The van der Waals surface area contributed by atoms with Gasteiger partial charge in [0.1, 0.15) is 0 Å². The molecule has 0 amide bonds. The van der Waals surface area contributed by atoms with Crippen molar-refractivity contribution >= 4 is 27.9 Å². The van der Waals surface area contributed by atoms with Crippen molar-refractivity contribution in [2.24, 2.45) is 11.3 Å². The number of carbonyl (C=O) groups excluding carboxylic acids is 1. The van der Waals surface area contributed by atoms with Crippen LogP contribution in [0.25, 0.3) is 0 Å². The largest absolute Gasteiger partial charge is 0.371 e. The maximum absolute atomic E-state index is 11.2. The predicted molar refractivity (Wildman–Crippen MR) is 83.9 cm³/mol. The number of halogens is 1. The highest BCUT2D eigenvalue weighted by molar-refractivity contribution is 9.10. The molecule has 2 nitrogen and oxygen atoms in total. The van der Waals surface area contributed by atoms with E-state index in [9.17, 15) is 4.79 Å². The van der Waals surface area contributed by atoms with E-state index in [-0.39, 0.29) is 0 Å². The average molecular weight is 324 g/mol. The van der Waals surface area contributed by atoms with Crippen LogP contribution in [0.15, 0.2) is 22.7 Å². The van der Waals surface area contributed by atoms with Gasteiger partial charge >= 0.3 is 0 Å². The van der Waals surface area contributed by atoms with E-state index in [4.69, 9.17) is 0 Å². The topological polar surface area (TPSA) is 20.3 Å². The molecule has 0 radical (unpaired) electrons. The highest BCUT2D eigenvalue weighted by atomic mass is 79.9. The lowest BCUT2D eigenvalue weighted by molar-refractivity contribution is 0.112. The highest BCUT2D eigenvalue weighted by Crippen LogP contribution is 2.36. The third-order valence-corrected chi connectivity index (χ3v) is 4.67. The molecule has 104 valence electrons. The summed E-state index contributed by atoms with van der Waals surface area (Å²) in [5.41, 5.74) is 2.24. The van der Waals surface area contributed by atoms with Crippen LogP contribution in [0.5, 0.6) is 0 Å². The van der Waals surface area contributed by atoms with Gasteiger partial charge in [-0.2, -0.15) is 0 Å². The Kier molecular flexibility index (Phi) is 4.34. The number of carbonyl (C=O) groups is 1. The van der Waals surface area contributed by atoms with Crippen molar-refractivity contribution in [2.45, 2.75) is 33.6 Å². The summed E-state index contributed by atoms with van der Waals surface area (Å²) in [6.45, 7) is 9.06. The second-order valence-corrected chi connectivity index (χ2v) is 7.36. The summed E-state index contributed by atoms with van der Waals surface area (Å²) in [6.07, 6.45) is 3.37. The molecule has 0 saturated carbocycles. The van der Waals surface area contributed by atoms with Crippen molar-refractivity contribution in [3.63, 3.8) is 0 Å². The Labute approximate surface area is 124 Å². The van der Waals surface area contributed by atoms with E-state index in [1.54, 1.807) is 0 Å². The molecule has 3 heteroatoms. The van der Waals surface area contributed by atoms with Crippen LogP contribution in [0.2, 0.25) is 0 Å². The molecule has 1 aromatic rings. The minimum Gasteiger partial charge on any atom is -0.371 e. The zero-order valence-corrected chi connectivity index (χ0v) is 13.5. The van der Waals surface area contributed by atoms with Gasteiger partial charge in [-0.15, -0.1) is 0 Å². The first-order chi connectivity index (χ1) is 8.91. The molecule has 1 heterocycles. The van der Waals surface area contributed by atoms with Crippen LogP contribution in [-0.2, 0) is 0 Å². The quantitative estimate of drug-likeness (QED) is 0.745. The van der Waals surface area contributed by atoms with Gasteiger partial charge in [-0.25, -0.2) is 0 Å². The van der Waals surface area contributed by atoms with Gasteiger partial charge < -0.3 is 4.90 Å². The van der Waals surface area contributed by atoms with Crippen LogP contribution in [0.4, 0.5) is 5.69 Å². The third kappa shape index (κ3) is 3.38. The fraction of sp³-hybridized carbons (Fsp3) is 0.562. The van der Waals surface area contributed by atoms with Gasteiger partial charge in [0.05, 0.1) is 0 Å². The Morgan fingerprint density at radius 2 is 1.89 bits per heavy atom.